The molecule has 1 saturated carbocycles. The molecule has 1 fully saturated rings. The zero-order valence-corrected chi connectivity index (χ0v) is 12.1. The lowest BCUT2D eigenvalue weighted by atomic mass is 10.0. The van der Waals surface area contributed by atoms with E-state index in [0.29, 0.717) is 10.4 Å². The summed E-state index contributed by atoms with van der Waals surface area (Å²) in [6, 6.07) is 1.85. The second kappa shape index (κ2) is 5.55. The topological polar surface area (TPSA) is 34.1 Å². The minimum absolute atomic E-state index is 0.413. The number of ether oxygens (including phenoxy) is 1. The van der Waals surface area contributed by atoms with Crippen molar-refractivity contribution in [1.82, 2.24) is 4.98 Å². The molecule has 2 rings (SSSR count). The van der Waals surface area contributed by atoms with Crippen LogP contribution < -0.4 is 5.32 Å². The van der Waals surface area contributed by atoms with Crippen LogP contribution in [0.3, 0.4) is 0 Å². The van der Waals surface area contributed by atoms with E-state index in [1.165, 1.54) is 12.8 Å². The fourth-order valence-electron chi connectivity index (χ4n) is 1.83. The molecule has 0 radical (unpaired) electrons. The predicted molar refractivity (Wildman–Crippen MR) is 73.6 cm³/mol. The Hall–Kier alpha value is -0.320. The molecule has 17 heavy (non-hydrogen) atoms. The van der Waals surface area contributed by atoms with E-state index < -0.39 is 0 Å². The van der Waals surface area contributed by atoms with Crippen LogP contribution in [0.15, 0.2) is 16.7 Å². The molecular weight excluding hydrogens is 304 g/mol. The van der Waals surface area contributed by atoms with Gasteiger partial charge in [0.2, 0.25) is 0 Å². The van der Waals surface area contributed by atoms with Gasteiger partial charge in [-0.2, -0.15) is 0 Å². The molecule has 3 nitrogen and oxygen atoms in total. The Balaban J connectivity index is 1.89. The van der Waals surface area contributed by atoms with Gasteiger partial charge in [-0.25, -0.2) is 4.98 Å². The Kier molecular flexibility index (Phi) is 4.28. The summed E-state index contributed by atoms with van der Waals surface area (Å²) in [5.41, 5.74) is 0.413. The molecule has 0 saturated heterocycles. The highest BCUT2D eigenvalue weighted by Crippen LogP contribution is 2.48. The molecule has 0 atom stereocenters. The van der Waals surface area contributed by atoms with Crippen molar-refractivity contribution in [2.24, 2.45) is 5.41 Å². The lowest BCUT2D eigenvalue weighted by Crippen LogP contribution is -2.18. The van der Waals surface area contributed by atoms with Gasteiger partial charge in [0.15, 0.2) is 0 Å². The Morgan fingerprint density at radius 2 is 2.35 bits per heavy atom. The number of methoxy groups -OCH3 is 1. The van der Waals surface area contributed by atoms with Crippen molar-refractivity contribution in [3.8, 4) is 0 Å². The second-order valence-electron chi connectivity index (χ2n) is 4.58. The van der Waals surface area contributed by atoms with Crippen LogP contribution in [0.2, 0.25) is 5.02 Å². The average molecular weight is 320 g/mol. The van der Waals surface area contributed by atoms with Gasteiger partial charge in [0.25, 0.3) is 0 Å². The molecule has 0 bridgehead atoms. The molecule has 0 unspecified atom stereocenters. The zero-order valence-electron chi connectivity index (χ0n) is 9.80. The van der Waals surface area contributed by atoms with Crippen molar-refractivity contribution in [2.75, 3.05) is 25.6 Å². The van der Waals surface area contributed by atoms with Gasteiger partial charge in [-0.3, -0.25) is 0 Å². The molecule has 0 aliphatic heterocycles. The fourth-order valence-corrected chi connectivity index (χ4v) is 2.61. The number of aromatic nitrogens is 1. The third-order valence-corrected chi connectivity index (χ3v) is 4.04. The van der Waals surface area contributed by atoms with E-state index in [9.17, 15) is 0 Å². The number of halogens is 2. The summed E-state index contributed by atoms with van der Waals surface area (Å²) >= 11 is 9.30. The smallest absolute Gasteiger partial charge is 0.140 e. The van der Waals surface area contributed by atoms with Crippen LogP contribution in [0.4, 0.5) is 5.82 Å². The zero-order chi connectivity index (χ0) is 12.3. The van der Waals surface area contributed by atoms with Crippen LogP contribution in [-0.4, -0.2) is 25.2 Å². The highest BCUT2D eigenvalue weighted by Gasteiger charge is 2.41. The Morgan fingerprint density at radius 1 is 1.59 bits per heavy atom. The van der Waals surface area contributed by atoms with Crippen LogP contribution in [0.25, 0.3) is 0 Å². The summed E-state index contributed by atoms with van der Waals surface area (Å²) in [4.78, 5) is 4.27. The van der Waals surface area contributed by atoms with Gasteiger partial charge in [-0.1, -0.05) is 11.6 Å². The van der Waals surface area contributed by atoms with E-state index in [4.69, 9.17) is 16.3 Å². The first kappa shape index (κ1) is 13.1. The van der Waals surface area contributed by atoms with E-state index in [-0.39, 0.29) is 0 Å². The van der Waals surface area contributed by atoms with Crippen molar-refractivity contribution >= 4 is 33.3 Å². The molecule has 1 aliphatic carbocycles. The molecule has 1 aromatic heterocycles. The molecule has 1 aromatic rings. The summed E-state index contributed by atoms with van der Waals surface area (Å²) < 4.78 is 6.05. The Bertz CT molecular complexity index is 396. The molecule has 0 amide bonds. The number of pyridine rings is 1. The lowest BCUT2D eigenvalue weighted by Gasteiger charge is -2.16. The molecule has 0 spiro atoms. The van der Waals surface area contributed by atoms with Crippen molar-refractivity contribution in [3.05, 3.63) is 21.8 Å². The first-order chi connectivity index (χ1) is 8.15. The van der Waals surface area contributed by atoms with Gasteiger partial charge in [-0.15, -0.1) is 0 Å². The van der Waals surface area contributed by atoms with Crippen molar-refractivity contribution in [3.63, 3.8) is 0 Å². The molecule has 1 N–H and O–H groups in total. The molecule has 5 heteroatoms. The van der Waals surface area contributed by atoms with Crippen molar-refractivity contribution in [2.45, 2.75) is 19.3 Å². The van der Waals surface area contributed by atoms with E-state index in [0.717, 1.165) is 29.9 Å². The number of hydrogen-bond donors (Lipinski definition) is 1. The monoisotopic (exact) mass is 318 g/mol. The van der Waals surface area contributed by atoms with Crippen LogP contribution in [0, 0.1) is 5.41 Å². The van der Waals surface area contributed by atoms with Crippen molar-refractivity contribution in [1.29, 1.82) is 0 Å². The normalized spacial score (nSPS) is 16.9. The molecule has 0 aromatic carbocycles. The standard InChI is InChI=1S/C12H16BrClN2O/c1-17-5-4-12(2-3-12)8-16-11-10(13)6-9(14)7-15-11/h6-7H,2-5,8H2,1H3,(H,15,16). The van der Waals surface area contributed by atoms with Crippen LogP contribution in [0.1, 0.15) is 19.3 Å². The third kappa shape index (κ3) is 3.57. The maximum absolute atomic E-state index is 5.85. The molecule has 1 heterocycles. The summed E-state index contributed by atoms with van der Waals surface area (Å²) in [5.74, 6) is 0.859. The SMILES string of the molecule is COCCC1(CNc2ncc(Cl)cc2Br)CC1. The quantitative estimate of drug-likeness (QED) is 0.867. The first-order valence-electron chi connectivity index (χ1n) is 5.69. The third-order valence-electron chi connectivity index (χ3n) is 3.23. The van der Waals surface area contributed by atoms with Crippen LogP contribution in [-0.2, 0) is 4.74 Å². The summed E-state index contributed by atoms with van der Waals surface area (Å²) in [5, 5.41) is 4.02. The highest BCUT2D eigenvalue weighted by molar-refractivity contribution is 9.10. The van der Waals surface area contributed by atoms with E-state index in [1.807, 2.05) is 6.07 Å². The van der Waals surface area contributed by atoms with E-state index in [2.05, 4.69) is 26.2 Å². The maximum atomic E-state index is 5.85. The van der Waals surface area contributed by atoms with Gasteiger partial charge in [0, 0.05) is 26.5 Å². The molecule has 1 aliphatic rings. The van der Waals surface area contributed by atoms with Gasteiger partial charge in [0.1, 0.15) is 5.82 Å². The maximum Gasteiger partial charge on any atom is 0.140 e. The molecule has 94 valence electrons. The number of nitrogens with zero attached hydrogens (tertiary/aromatic N) is 1. The number of nitrogens with one attached hydrogen (secondary N) is 1. The first-order valence-corrected chi connectivity index (χ1v) is 6.86. The summed E-state index contributed by atoms with van der Waals surface area (Å²) in [7, 11) is 1.75. The van der Waals surface area contributed by atoms with Crippen LogP contribution >= 0.6 is 27.5 Å². The average Bonchev–Trinajstić information content (AvgIpc) is 3.06. The van der Waals surface area contributed by atoms with Gasteiger partial charge < -0.3 is 10.1 Å². The van der Waals surface area contributed by atoms with E-state index >= 15 is 0 Å². The number of anilines is 1. The van der Waals surface area contributed by atoms with Crippen LogP contribution in [0.5, 0.6) is 0 Å². The van der Waals surface area contributed by atoms with E-state index in [1.54, 1.807) is 13.3 Å². The number of hydrogen-bond acceptors (Lipinski definition) is 3. The van der Waals surface area contributed by atoms with Gasteiger partial charge in [-0.05, 0) is 46.7 Å². The minimum atomic E-state index is 0.413. The minimum Gasteiger partial charge on any atom is -0.385 e. The van der Waals surface area contributed by atoms with Gasteiger partial charge >= 0.3 is 0 Å². The van der Waals surface area contributed by atoms with Gasteiger partial charge in [0.05, 0.1) is 9.50 Å². The predicted octanol–water partition coefficient (Wildman–Crippen LogP) is 3.73. The Morgan fingerprint density at radius 3 is 2.94 bits per heavy atom. The summed E-state index contributed by atoms with van der Waals surface area (Å²) in [6.07, 6.45) is 5.31. The van der Waals surface area contributed by atoms with Crippen molar-refractivity contribution < 1.29 is 4.74 Å². The largest absolute Gasteiger partial charge is 0.385 e. The summed E-state index contributed by atoms with van der Waals surface area (Å²) in [6.45, 7) is 1.78. The highest BCUT2D eigenvalue weighted by atomic mass is 79.9. The fraction of sp³-hybridized carbons (Fsp3) is 0.583. The number of rotatable bonds is 6. The Labute approximate surface area is 115 Å². The molecular formula is C12H16BrClN2O. The lowest BCUT2D eigenvalue weighted by molar-refractivity contribution is 0.175. The second-order valence-corrected chi connectivity index (χ2v) is 5.87.